The predicted molar refractivity (Wildman–Crippen MR) is 124 cm³/mol. The van der Waals surface area contributed by atoms with Gasteiger partial charge in [0, 0.05) is 17.1 Å². The number of carbonyl (C=O) groups is 1. The highest BCUT2D eigenvalue weighted by molar-refractivity contribution is 7.92. The van der Waals surface area contributed by atoms with E-state index >= 15 is 0 Å². The molecule has 0 fully saturated rings. The summed E-state index contributed by atoms with van der Waals surface area (Å²) in [4.78, 5) is 12.9. The number of rotatable bonds is 7. The van der Waals surface area contributed by atoms with Gasteiger partial charge >= 0.3 is 0 Å². The van der Waals surface area contributed by atoms with Crippen LogP contribution in [0.15, 0.2) is 71.6 Å². The number of aryl methyl sites for hydroxylation is 1. The van der Waals surface area contributed by atoms with E-state index in [1.165, 1.54) is 17.5 Å². The maximum atomic E-state index is 13.4. The summed E-state index contributed by atoms with van der Waals surface area (Å²) in [6.45, 7) is 3.72. The Balaban J connectivity index is 1.98. The van der Waals surface area contributed by atoms with Gasteiger partial charge in [-0.1, -0.05) is 35.9 Å². The minimum absolute atomic E-state index is 0.0731. The van der Waals surface area contributed by atoms with Crippen molar-refractivity contribution < 1.29 is 17.9 Å². The van der Waals surface area contributed by atoms with Gasteiger partial charge in [0.1, 0.15) is 5.75 Å². The Morgan fingerprint density at radius 2 is 1.77 bits per heavy atom. The summed E-state index contributed by atoms with van der Waals surface area (Å²) in [6, 6.07) is 18.3. The molecule has 6 nitrogen and oxygen atoms in total. The van der Waals surface area contributed by atoms with Gasteiger partial charge < -0.3 is 10.1 Å². The lowest BCUT2D eigenvalue weighted by Gasteiger charge is -2.24. The number of halogens is 1. The number of anilines is 2. The van der Waals surface area contributed by atoms with Crippen molar-refractivity contribution in [3.8, 4) is 5.75 Å². The Hall–Kier alpha value is -3.03. The average molecular weight is 459 g/mol. The molecular weight excluding hydrogens is 436 g/mol. The number of methoxy groups -OCH3 is 1. The molecule has 1 N–H and O–H groups in total. The van der Waals surface area contributed by atoms with Gasteiger partial charge in [-0.15, -0.1) is 0 Å². The molecule has 1 amide bonds. The standard InChI is InChI=1S/C23H23ClN2O4S/c1-4-26(19-8-6-5-7-9-19)31(28,29)22-14-17(11-10-16(22)2)23(27)25-20-15-18(24)12-13-21(20)30-3/h5-15H,4H2,1-3H3,(H,25,27). The maximum absolute atomic E-state index is 13.4. The van der Waals surface area contributed by atoms with Crippen LogP contribution in [0, 0.1) is 6.92 Å². The van der Waals surface area contributed by atoms with Crippen LogP contribution in [0.25, 0.3) is 0 Å². The summed E-state index contributed by atoms with van der Waals surface area (Å²) in [5.74, 6) is -0.0290. The molecule has 0 spiro atoms. The molecule has 0 saturated heterocycles. The molecule has 0 radical (unpaired) electrons. The van der Waals surface area contributed by atoms with Gasteiger partial charge in [0.25, 0.3) is 15.9 Å². The number of hydrogen-bond donors (Lipinski definition) is 1. The Morgan fingerprint density at radius 3 is 2.42 bits per heavy atom. The van der Waals surface area contributed by atoms with Crippen molar-refractivity contribution in [2.24, 2.45) is 0 Å². The van der Waals surface area contributed by atoms with E-state index in [4.69, 9.17) is 16.3 Å². The monoisotopic (exact) mass is 458 g/mol. The zero-order chi connectivity index (χ0) is 22.6. The van der Waals surface area contributed by atoms with Gasteiger partial charge in [0.2, 0.25) is 0 Å². The first-order valence-corrected chi connectivity index (χ1v) is 11.4. The van der Waals surface area contributed by atoms with E-state index in [0.717, 1.165) is 0 Å². The van der Waals surface area contributed by atoms with Gasteiger partial charge in [-0.3, -0.25) is 9.10 Å². The first kappa shape index (κ1) is 22.7. The van der Waals surface area contributed by atoms with Crippen molar-refractivity contribution in [3.05, 3.63) is 82.9 Å². The minimum Gasteiger partial charge on any atom is -0.495 e. The lowest BCUT2D eigenvalue weighted by molar-refractivity contribution is 0.102. The number of nitrogens with one attached hydrogen (secondary N) is 1. The largest absolute Gasteiger partial charge is 0.495 e. The zero-order valence-electron chi connectivity index (χ0n) is 17.4. The van der Waals surface area contributed by atoms with Crippen LogP contribution < -0.4 is 14.4 Å². The third-order valence-corrected chi connectivity index (χ3v) is 7.04. The van der Waals surface area contributed by atoms with Crippen LogP contribution in [0.3, 0.4) is 0 Å². The van der Waals surface area contributed by atoms with E-state index in [1.807, 2.05) is 6.07 Å². The number of benzene rings is 3. The Labute approximate surface area is 187 Å². The molecule has 3 rings (SSSR count). The van der Waals surface area contributed by atoms with Crippen LogP contribution in [-0.4, -0.2) is 28.0 Å². The highest BCUT2D eigenvalue weighted by Gasteiger charge is 2.26. The molecule has 8 heteroatoms. The second-order valence-electron chi connectivity index (χ2n) is 6.78. The second kappa shape index (κ2) is 9.41. The normalized spacial score (nSPS) is 11.1. The van der Waals surface area contributed by atoms with Crippen LogP contribution >= 0.6 is 11.6 Å². The Morgan fingerprint density at radius 1 is 1.06 bits per heavy atom. The van der Waals surface area contributed by atoms with Gasteiger partial charge in [-0.2, -0.15) is 0 Å². The maximum Gasteiger partial charge on any atom is 0.264 e. The molecule has 0 saturated carbocycles. The molecular formula is C23H23ClN2O4S. The number of sulfonamides is 1. The Kier molecular flexibility index (Phi) is 6.87. The molecule has 3 aromatic rings. The quantitative estimate of drug-likeness (QED) is 0.532. The van der Waals surface area contributed by atoms with Crippen molar-refractivity contribution in [1.82, 2.24) is 0 Å². The molecule has 0 aliphatic heterocycles. The summed E-state index contributed by atoms with van der Waals surface area (Å²) in [5, 5.41) is 3.17. The second-order valence-corrected chi connectivity index (χ2v) is 9.05. The van der Waals surface area contributed by atoms with Crippen molar-refractivity contribution in [2.45, 2.75) is 18.7 Å². The molecule has 0 atom stereocenters. The minimum atomic E-state index is -3.88. The third kappa shape index (κ3) is 4.84. The summed E-state index contributed by atoms with van der Waals surface area (Å²) in [7, 11) is -2.39. The third-order valence-electron chi connectivity index (χ3n) is 4.76. The van der Waals surface area contributed by atoms with E-state index in [0.29, 0.717) is 27.7 Å². The molecule has 0 aliphatic rings. The SMILES string of the molecule is CCN(c1ccccc1)S(=O)(=O)c1cc(C(=O)Nc2cc(Cl)ccc2OC)ccc1C. The van der Waals surface area contributed by atoms with Crippen LogP contribution in [0.1, 0.15) is 22.8 Å². The molecule has 162 valence electrons. The summed E-state index contributed by atoms with van der Waals surface area (Å²) in [5.41, 5.74) is 1.70. The smallest absolute Gasteiger partial charge is 0.264 e. The summed E-state index contributed by atoms with van der Waals surface area (Å²) < 4.78 is 33.4. The van der Waals surface area contributed by atoms with Crippen molar-refractivity contribution in [3.63, 3.8) is 0 Å². The van der Waals surface area contributed by atoms with Gasteiger partial charge in [-0.25, -0.2) is 8.42 Å². The fourth-order valence-electron chi connectivity index (χ4n) is 3.20. The number of carbonyl (C=O) groups excluding carboxylic acids is 1. The van der Waals surface area contributed by atoms with Crippen LogP contribution in [-0.2, 0) is 10.0 Å². The average Bonchev–Trinajstić information content (AvgIpc) is 2.75. The number of ether oxygens (including phenoxy) is 1. The van der Waals surface area contributed by atoms with Crippen LogP contribution in [0.4, 0.5) is 11.4 Å². The molecule has 0 heterocycles. The first-order chi connectivity index (χ1) is 14.8. The lowest BCUT2D eigenvalue weighted by atomic mass is 10.1. The lowest BCUT2D eigenvalue weighted by Crippen LogP contribution is -2.31. The highest BCUT2D eigenvalue weighted by Crippen LogP contribution is 2.29. The number of para-hydroxylation sites is 1. The van der Waals surface area contributed by atoms with E-state index in [-0.39, 0.29) is 17.0 Å². The number of nitrogens with zero attached hydrogens (tertiary/aromatic N) is 1. The van der Waals surface area contributed by atoms with Crippen molar-refractivity contribution in [2.75, 3.05) is 23.3 Å². The van der Waals surface area contributed by atoms with E-state index < -0.39 is 15.9 Å². The number of amides is 1. The highest BCUT2D eigenvalue weighted by atomic mass is 35.5. The van der Waals surface area contributed by atoms with Crippen molar-refractivity contribution in [1.29, 1.82) is 0 Å². The molecule has 0 unspecified atom stereocenters. The van der Waals surface area contributed by atoms with Gasteiger partial charge in [0.15, 0.2) is 0 Å². The summed E-state index contributed by atoms with van der Waals surface area (Å²) in [6.07, 6.45) is 0. The van der Waals surface area contributed by atoms with Gasteiger partial charge in [-0.05, 0) is 61.9 Å². The molecule has 0 bridgehead atoms. The van der Waals surface area contributed by atoms with E-state index in [9.17, 15) is 13.2 Å². The van der Waals surface area contributed by atoms with Crippen molar-refractivity contribution >= 4 is 38.9 Å². The molecule has 0 aromatic heterocycles. The molecule has 0 aliphatic carbocycles. The van der Waals surface area contributed by atoms with Crippen LogP contribution in [0.2, 0.25) is 5.02 Å². The first-order valence-electron chi connectivity index (χ1n) is 9.61. The molecule has 31 heavy (non-hydrogen) atoms. The van der Waals surface area contributed by atoms with E-state index in [1.54, 1.807) is 68.4 Å². The fourth-order valence-corrected chi connectivity index (χ4v) is 5.10. The Bertz CT molecular complexity index is 1200. The molecule has 3 aromatic carbocycles. The topological polar surface area (TPSA) is 75.7 Å². The number of hydrogen-bond acceptors (Lipinski definition) is 4. The zero-order valence-corrected chi connectivity index (χ0v) is 19.0. The van der Waals surface area contributed by atoms with Gasteiger partial charge in [0.05, 0.1) is 23.4 Å². The van der Waals surface area contributed by atoms with Crippen LogP contribution in [0.5, 0.6) is 5.75 Å². The van der Waals surface area contributed by atoms with E-state index in [2.05, 4.69) is 5.32 Å². The summed E-state index contributed by atoms with van der Waals surface area (Å²) >= 11 is 6.03. The predicted octanol–water partition coefficient (Wildman–Crippen LogP) is 5.12. The fraction of sp³-hybridized carbons (Fsp3) is 0.174.